The molecule has 0 spiro atoms. The second-order valence-corrected chi connectivity index (χ2v) is 12.0. The number of rotatable bonds is 6. The minimum Gasteiger partial charge on any atom is -0.325 e. The zero-order valence-electron chi connectivity index (χ0n) is 17.3. The Bertz CT molecular complexity index is 1290. The lowest BCUT2D eigenvalue weighted by Crippen LogP contribution is -2.43. The van der Waals surface area contributed by atoms with Gasteiger partial charge in [-0.05, 0) is 43.2 Å². The molecule has 0 bridgehead atoms. The number of carbonyl (C=O) groups excluding carboxylic acids is 2. The van der Waals surface area contributed by atoms with Crippen LogP contribution >= 0.6 is 34.5 Å². The normalized spacial score (nSPS) is 17.0. The topological polar surface area (TPSA) is 83.6 Å². The van der Waals surface area contributed by atoms with Crippen molar-refractivity contribution in [3.8, 4) is 0 Å². The molecule has 0 aliphatic carbocycles. The van der Waals surface area contributed by atoms with Crippen LogP contribution in [0.5, 0.6) is 0 Å². The number of hydrogen-bond donors (Lipinski definition) is 1. The molecule has 1 aliphatic heterocycles. The Hall–Kier alpha value is -2.23. The van der Waals surface area contributed by atoms with E-state index in [2.05, 4.69) is 5.32 Å². The van der Waals surface area contributed by atoms with E-state index >= 15 is 0 Å². The summed E-state index contributed by atoms with van der Waals surface area (Å²) in [7, 11) is -3.73. The van der Waals surface area contributed by atoms with E-state index in [0.717, 1.165) is 11.3 Å². The molecule has 1 amide bonds. The number of hydrogen-bond acceptors (Lipinski definition) is 5. The molecule has 1 N–H and O–H groups in total. The predicted molar refractivity (Wildman–Crippen MR) is 131 cm³/mol. The molecule has 0 saturated carbocycles. The zero-order chi connectivity index (χ0) is 23.6. The van der Waals surface area contributed by atoms with Gasteiger partial charge in [-0.25, -0.2) is 8.42 Å². The van der Waals surface area contributed by atoms with Crippen molar-refractivity contribution in [2.75, 3.05) is 18.4 Å². The van der Waals surface area contributed by atoms with E-state index in [1.54, 1.807) is 42.5 Å². The number of sulfonamides is 1. The molecule has 33 heavy (non-hydrogen) atoms. The van der Waals surface area contributed by atoms with Crippen LogP contribution in [0.15, 0.2) is 64.9 Å². The highest BCUT2D eigenvalue weighted by Crippen LogP contribution is 2.31. The third-order valence-electron chi connectivity index (χ3n) is 5.42. The third kappa shape index (κ3) is 5.31. The van der Waals surface area contributed by atoms with Crippen molar-refractivity contribution in [1.82, 2.24) is 4.31 Å². The summed E-state index contributed by atoms with van der Waals surface area (Å²) in [5.41, 5.74) is 1.08. The number of benzene rings is 2. The fourth-order valence-corrected chi connectivity index (χ4v) is 7.06. The number of piperidine rings is 1. The molecule has 172 valence electrons. The van der Waals surface area contributed by atoms with Crippen LogP contribution in [0.1, 0.15) is 28.8 Å². The van der Waals surface area contributed by atoms with Crippen LogP contribution in [0.3, 0.4) is 0 Å². The molecule has 1 aliphatic rings. The van der Waals surface area contributed by atoms with Crippen molar-refractivity contribution >= 4 is 61.9 Å². The summed E-state index contributed by atoms with van der Waals surface area (Å²) in [6.45, 7) is 0.388. The third-order valence-corrected chi connectivity index (χ3v) is 9.22. The first-order chi connectivity index (χ1) is 15.8. The Kier molecular flexibility index (Phi) is 7.21. The van der Waals surface area contributed by atoms with Gasteiger partial charge in [-0.15, -0.1) is 11.3 Å². The average molecular weight is 523 g/mol. The van der Waals surface area contributed by atoms with E-state index in [0.29, 0.717) is 40.0 Å². The molecule has 1 atom stereocenters. The summed E-state index contributed by atoms with van der Waals surface area (Å²) in [5, 5.41) is 3.19. The molecule has 1 aromatic heterocycles. The summed E-state index contributed by atoms with van der Waals surface area (Å²) < 4.78 is 27.8. The molecule has 2 aromatic carbocycles. The first-order valence-electron chi connectivity index (χ1n) is 10.2. The molecule has 0 radical (unpaired) electrons. The largest absolute Gasteiger partial charge is 0.325 e. The monoisotopic (exact) mass is 522 g/mol. The number of halogens is 2. The molecule has 3 aromatic rings. The Morgan fingerprint density at radius 2 is 1.79 bits per heavy atom. The van der Waals surface area contributed by atoms with E-state index in [4.69, 9.17) is 23.2 Å². The molecule has 1 fully saturated rings. The number of ketones is 1. The average Bonchev–Trinajstić information content (AvgIpc) is 3.27. The molecule has 4 rings (SSSR count). The number of thiophene rings is 1. The Morgan fingerprint density at radius 1 is 1.03 bits per heavy atom. The number of carbonyl (C=O) groups is 2. The van der Waals surface area contributed by atoms with Gasteiger partial charge in [0.1, 0.15) is 4.21 Å². The summed E-state index contributed by atoms with van der Waals surface area (Å²) in [6, 6.07) is 16.4. The molecule has 2 heterocycles. The first-order valence-corrected chi connectivity index (χ1v) is 13.2. The number of anilines is 1. The summed E-state index contributed by atoms with van der Waals surface area (Å²) in [4.78, 5) is 26.1. The van der Waals surface area contributed by atoms with Crippen LogP contribution in [-0.2, 0) is 14.8 Å². The molecular formula is C23H20Cl2N2O4S2. The summed E-state index contributed by atoms with van der Waals surface area (Å²) >= 11 is 13.0. The summed E-state index contributed by atoms with van der Waals surface area (Å²) in [6.07, 6.45) is 1.09. The molecule has 6 nitrogen and oxygen atoms in total. The standard InChI is InChI=1S/C23H20Cl2N2O4S2/c24-17-8-9-19(18(13-17)22(28)15-5-2-1-3-6-15)26-23(29)16-7-4-12-27(14-16)33(30,31)21-11-10-20(25)32-21/h1-3,5-6,8-11,13,16H,4,7,12,14H2,(H,26,29). The lowest BCUT2D eigenvalue weighted by atomic mass is 9.97. The predicted octanol–water partition coefficient (Wildman–Crippen LogP) is 5.33. The van der Waals surface area contributed by atoms with Gasteiger partial charge in [0.2, 0.25) is 5.91 Å². The second kappa shape index (κ2) is 9.95. The van der Waals surface area contributed by atoms with Crippen molar-refractivity contribution in [2.45, 2.75) is 17.1 Å². The SMILES string of the molecule is O=C(c1ccccc1)c1cc(Cl)ccc1NC(=O)C1CCCN(S(=O)(=O)c2ccc(Cl)s2)C1. The van der Waals surface area contributed by atoms with Gasteiger partial charge in [-0.1, -0.05) is 53.5 Å². The van der Waals surface area contributed by atoms with Gasteiger partial charge in [0.15, 0.2) is 5.78 Å². The van der Waals surface area contributed by atoms with Gasteiger partial charge in [-0.3, -0.25) is 9.59 Å². The van der Waals surface area contributed by atoms with Gasteiger partial charge in [-0.2, -0.15) is 4.31 Å². The van der Waals surface area contributed by atoms with E-state index in [1.165, 1.54) is 16.4 Å². The van der Waals surface area contributed by atoms with Crippen LogP contribution in [0, 0.1) is 5.92 Å². The number of nitrogens with zero attached hydrogens (tertiary/aromatic N) is 1. The lowest BCUT2D eigenvalue weighted by molar-refractivity contribution is -0.120. The van der Waals surface area contributed by atoms with Gasteiger partial charge >= 0.3 is 0 Å². The lowest BCUT2D eigenvalue weighted by Gasteiger charge is -2.31. The quantitative estimate of drug-likeness (QED) is 0.443. The first kappa shape index (κ1) is 23.9. The second-order valence-electron chi connectivity index (χ2n) is 7.64. The molecule has 1 unspecified atom stereocenters. The van der Waals surface area contributed by atoms with Crippen LogP contribution in [0.25, 0.3) is 0 Å². The highest BCUT2D eigenvalue weighted by molar-refractivity contribution is 7.91. The fraction of sp³-hybridized carbons (Fsp3) is 0.217. The van der Waals surface area contributed by atoms with Crippen LogP contribution in [-0.4, -0.2) is 37.5 Å². The van der Waals surface area contributed by atoms with Gasteiger partial charge in [0, 0.05) is 29.2 Å². The zero-order valence-corrected chi connectivity index (χ0v) is 20.5. The van der Waals surface area contributed by atoms with Gasteiger partial charge < -0.3 is 5.32 Å². The molecule has 10 heteroatoms. The van der Waals surface area contributed by atoms with E-state index in [1.807, 2.05) is 6.07 Å². The number of nitrogens with one attached hydrogen (secondary N) is 1. The Morgan fingerprint density at radius 3 is 2.48 bits per heavy atom. The minimum absolute atomic E-state index is 0.0548. The maximum absolute atomic E-state index is 13.1. The van der Waals surface area contributed by atoms with Crippen LogP contribution in [0.4, 0.5) is 5.69 Å². The van der Waals surface area contributed by atoms with Crippen LogP contribution in [0.2, 0.25) is 9.36 Å². The molecular weight excluding hydrogens is 503 g/mol. The van der Waals surface area contributed by atoms with Crippen molar-refractivity contribution in [3.63, 3.8) is 0 Å². The maximum Gasteiger partial charge on any atom is 0.252 e. The van der Waals surface area contributed by atoms with Crippen molar-refractivity contribution in [2.24, 2.45) is 5.92 Å². The fourth-order valence-electron chi connectivity index (χ4n) is 3.73. The minimum atomic E-state index is -3.73. The van der Waals surface area contributed by atoms with E-state index in [-0.39, 0.29) is 28.0 Å². The smallest absolute Gasteiger partial charge is 0.252 e. The van der Waals surface area contributed by atoms with Crippen molar-refractivity contribution in [1.29, 1.82) is 0 Å². The Labute approximate surface area is 206 Å². The number of amides is 1. The van der Waals surface area contributed by atoms with E-state index in [9.17, 15) is 18.0 Å². The van der Waals surface area contributed by atoms with Crippen LogP contribution < -0.4 is 5.32 Å². The summed E-state index contributed by atoms with van der Waals surface area (Å²) in [5.74, 6) is -1.17. The van der Waals surface area contributed by atoms with Gasteiger partial charge in [0.25, 0.3) is 10.0 Å². The highest BCUT2D eigenvalue weighted by atomic mass is 35.5. The van der Waals surface area contributed by atoms with Gasteiger partial charge in [0.05, 0.1) is 15.9 Å². The maximum atomic E-state index is 13.1. The van der Waals surface area contributed by atoms with Crippen molar-refractivity contribution in [3.05, 3.63) is 81.1 Å². The molecule has 1 saturated heterocycles. The highest BCUT2D eigenvalue weighted by Gasteiger charge is 2.34. The Balaban J connectivity index is 1.53. The van der Waals surface area contributed by atoms with Crippen molar-refractivity contribution < 1.29 is 18.0 Å². The van der Waals surface area contributed by atoms with E-state index < -0.39 is 15.9 Å².